The predicted molar refractivity (Wildman–Crippen MR) is 69.5 cm³/mol. The lowest BCUT2D eigenvalue weighted by Crippen LogP contribution is -2.31. The molecule has 3 N–H and O–H groups in total. The first-order valence-electron chi connectivity index (χ1n) is 5.19. The summed E-state index contributed by atoms with van der Waals surface area (Å²) in [6.07, 6.45) is 0. The van der Waals surface area contributed by atoms with E-state index in [0.717, 1.165) is 21.5 Å². The highest BCUT2D eigenvalue weighted by atomic mass is 32.2. The molecule has 0 aliphatic rings. The minimum atomic E-state index is -0.187. The van der Waals surface area contributed by atoms with Gasteiger partial charge in [0.25, 0.3) is 0 Å². The summed E-state index contributed by atoms with van der Waals surface area (Å²) in [5.74, 6) is 5.18. The summed E-state index contributed by atoms with van der Waals surface area (Å²) >= 11 is 1.46. The van der Waals surface area contributed by atoms with Gasteiger partial charge in [-0.1, -0.05) is 18.2 Å². The lowest BCUT2D eigenvalue weighted by atomic mass is 10.2. The van der Waals surface area contributed by atoms with E-state index in [9.17, 15) is 4.79 Å². The Morgan fingerprint density at radius 2 is 2.24 bits per heavy atom. The van der Waals surface area contributed by atoms with Crippen molar-refractivity contribution in [3.8, 4) is 0 Å². The highest BCUT2D eigenvalue weighted by molar-refractivity contribution is 8.00. The summed E-state index contributed by atoms with van der Waals surface area (Å²) in [4.78, 5) is 16.6. The predicted octanol–water partition coefficient (Wildman–Crippen LogP) is 1.63. The topological polar surface area (TPSA) is 68.0 Å². The van der Waals surface area contributed by atoms with E-state index in [2.05, 4.69) is 10.4 Å². The smallest absolute Gasteiger partial charge is 0.244 e. The summed E-state index contributed by atoms with van der Waals surface area (Å²) in [5, 5.41) is 1.06. The molecular formula is C12H13N3OS. The van der Waals surface area contributed by atoms with Crippen LogP contribution in [0.1, 0.15) is 5.69 Å². The van der Waals surface area contributed by atoms with Gasteiger partial charge in [0, 0.05) is 16.0 Å². The van der Waals surface area contributed by atoms with Crippen molar-refractivity contribution < 1.29 is 4.79 Å². The Morgan fingerprint density at radius 1 is 1.47 bits per heavy atom. The fourth-order valence-electron chi connectivity index (χ4n) is 1.57. The van der Waals surface area contributed by atoms with Crippen LogP contribution >= 0.6 is 11.8 Å². The molecule has 1 amide bonds. The maximum Gasteiger partial charge on any atom is 0.244 e. The number of hydrogen-bond donors (Lipinski definition) is 2. The number of amides is 1. The molecule has 0 saturated carbocycles. The third-order valence-corrected chi connectivity index (χ3v) is 3.38. The number of aromatic nitrogens is 1. The van der Waals surface area contributed by atoms with Gasteiger partial charge in [-0.25, -0.2) is 5.84 Å². The number of hydrogen-bond acceptors (Lipinski definition) is 4. The Labute approximate surface area is 104 Å². The number of pyridine rings is 1. The van der Waals surface area contributed by atoms with Gasteiger partial charge in [-0.3, -0.25) is 15.2 Å². The quantitative estimate of drug-likeness (QED) is 0.374. The van der Waals surface area contributed by atoms with Gasteiger partial charge in [0.05, 0.1) is 11.3 Å². The number of nitrogens with zero attached hydrogens (tertiary/aromatic N) is 1. The summed E-state index contributed by atoms with van der Waals surface area (Å²) in [6.45, 7) is 1.94. The largest absolute Gasteiger partial charge is 0.294 e. The number of nitrogens with one attached hydrogen (secondary N) is 1. The van der Waals surface area contributed by atoms with E-state index in [1.165, 1.54) is 11.8 Å². The molecule has 17 heavy (non-hydrogen) atoms. The van der Waals surface area contributed by atoms with Crippen molar-refractivity contribution >= 4 is 28.6 Å². The molecule has 0 atom stereocenters. The summed E-state index contributed by atoms with van der Waals surface area (Å²) in [6, 6.07) is 9.87. The fraction of sp³-hybridized carbons (Fsp3) is 0.167. The number of carbonyl (C=O) groups excluding carboxylic acids is 1. The van der Waals surface area contributed by atoms with Crippen LogP contribution in [0.25, 0.3) is 10.9 Å². The van der Waals surface area contributed by atoms with E-state index in [1.807, 2.05) is 37.3 Å². The number of carbonyl (C=O) groups is 1. The molecule has 1 aromatic heterocycles. The number of hydrazine groups is 1. The molecule has 88 valence electrons. The van der Waals surface area contributed by atoms with Gasteiger partial charge in [-0.2, -0.15) is 0 Å². The molecule has 0 unspecified atom stereocenters. The molecule has 0 saturated heterocycles. The molecule has 1 heterocycles. The first-order valence-corrected chi connectivity index (χ1v) is 6.18. The standard InChI is InChI=1S/C12H13N3OS/c1-8-6-11(17-7-12(16)15-13)9-4-2-3-5-10(9)14-8/h2-6H,7,13H2,1H3,(H,15,16). The van der Waals surface area contributed by atoms with E-state index in [4.69, 9.17) is 5.84 Å². The Bertz CT molecular complexity index is 556. The number of para-hydroxylation sites is 1. The molecule has 5 heteroatoms. The van der Waals surface area contributed by atoms with Crippen molar-refractivity contribution in [2.75, 3.05) is 5.75 Å². The van der Waals surface area contributed by atoms with E-state index >= 15 is 0 Å². The maximum atomic E-state index is 11.1. The number of fused-ring (bicyclic) bond motifs is 1. The molecule has 0 fully saturated rings. The van der Waals surface area contributed by atoms with Gasteiger partial charge in [-0.15, -0.1) is 11.8 Å². The number of aryl methyl sites for hydroxylation is 1. The highest BCUT2D eigenvalue weighted by Gasteiger charge is 2.06. The van der Waals surface area contributed by atoms with Crippen LogP contribution in [0.2, 0.25) is 0 Å². The first kappa shape index (κ1) is 11.9. The lowest BCUT2D eigenvalue weighted by Gasteiger charge is -2.06. The van der Waals surface area contributed by atoms with Crippen molar-refractivity contribution in [1.82, 2.24) is 10.4 Å². The summed E-state index contributed by atoms with van der Waals surface area (Å²) in [5.41, 5.74) is 4.01. The average molecular weight is 247 g/mol. The minimum absolute atomic E-state index is 0.187. The van der Waals surface area contributed by atoms with Crippen molar-refractivity contribution in [3.05, 3.63) is 36.0 Å². The Morgan fingerprint density at radius 3 is 3.00 bits per heavy atom. The zero-order valence-corrected chi connectivity index (χ0v) is 10.3. The molecule has 2 rings (SSSR count). The van der Waals surface area contributed by atoms with E-state index < -0.39 is 0 Å². The fourth-order valence-corrected chi connectivity index (χ4v) is 2.53. The highest BCUT2D eigenvalue weighted by Crippen LogP contribution is 2.27. The molecule has 0 aliphatic carbocycles. The van der Waals surface area contributed by atoms with Crippen LogP contribution in [0.5, 0.6) is 0 Å². The van der Waals surface area contributed by atoms with Crippen LogP contribution in [0.15, 0.2) is 35.2 Å². The van der Waals surface area contributed by atoms with Crippen LogP contribution in [-0.4, -0.2) is 16.6 Å². The number of thioether (sulfide) groups is 1. The first-order chi connectivity index (χ1) is 8.20. The van der Waals surface area contributed by atoms with Gasteiger partial charge in [-0.05, 0) is 19.1 Å². The maximum absolute atomic E-state index is 11.1. The Hall–Kier alpha value is -1.59. The Kier molecular flexibility index (Phi) is 3.61. The molecule has 2 aromatic rings. The molecule has 0 radical (unpaired) electrons. The van der Waals surface area contributed by atoms with Crippen molar-refractivity contribution in [2.45, 2.75) is 11.8 Å². The monoisotopic (exact) mass is 247 g/mol. The van der Waals surface area contributed by atoms with Crippen LogP contribution in [0, 0.1) is 6.92 Å². The molecule has 4 nitrogen and oxygen atoms in total. The number of nitrogens with two attached hydrogens (primary N) is 1. The number of benzene rings is 1. The van der Waals surface area contributed by atoms with E-state index in [0.29, 0.717) is 5.75 Å². The Balaban J connectivity index is 2.35. The second-order valence-electron chi connectivity index (χ2n) is 3.64. The minimum Gasteiger partial charge on any atom is -0.294 e. The van der Waals surface area contributed by atoms with Crippen LogP contribution in [0.4, 0.5) is 0 Å². The zero-order valence-electron chi connectivity index (χ0n) is 9.43. The molecule has 0 bridgehead atoms. The van der Waals surface area contributed by atoms with E-state index in [1.54, 1.807) is 0 Å². The second kappa shape index (κ2) is 5.16. The number of rotatable bonds is 3. The van der Waals surface area contributed by atoms with Crippen LogP contribution in [0.3, 0.4) is 0 Å². The van der Waals surface area contributed by atoms with Crippen molar-refractivity contribution in [1.29, 1.82) is 0 Å². The SMILES string of the molecule is Cc1cc(SCC(=O)NN)c2ccccc2n1. The van der Waals surface area contributed by atoms with Gasteiger partial charge in [0.2, 0.25) is 5.91 Å². The molecule has 1 aromatic carbocycles. The van der Waals surface area contributed by atoms with Crippen molar-refractivity contribution in [2.24, 2.45) is 5.84 Å². The third kappa shape index (κ3) is 2.75. The van der Waals surface area contributed by atoms with Crippen LogP contribution in [-0.2, 0) is 4.79 Å². The van der Waals surface area contributed by atoms with Crippen molar-refractivity contribution in [3.63, 3.8) is 0 Å². The molecule has 0 spiro atoms. The summed E-state index contributed by atoms with van der Waals surface area (Å²) < 4.78 is 0. The lowest BCUT2D eigenvalue weighted by molar-refractivity contribution is -0.118. The third-order valence-electron chi connectivity index (χ3n) is 2.33. The zero-order chi connectivity index (χ0) is 12.3. The van der Waals surface area contributed by atoms with Crippen LogP contribution < -0.4 is 11.3 Å². The van der Waals surface area contributed by atoms with Gasteiger partial charge < -0.3 is 0 Å². The normalized spacial score (nSPS) is 10.5. The summed E-state index contributed by atoms with van der Waals surface area (Å²) in [7, 11) is 0. The van der Waals surface area contributed by atoms with E-state index in [-0.39, 0.29) is 5.91 Å². The molecular weight excluding hydrogens is 234 g/mol. The average Bonchev–Trinajstić information content (AvgIpc) is 2.35. The molecule has 0 aliphatic heterocycles. The van der Waals surface area contributed by atoms with Gasteiger partial charge in [0.1, 0.15) is 0 Å². The second-order valence-corrected chi connectivity index (χ2v) is 4.65. The van der Waals surface area contributed by atoms with Gasteiger partial charge in [0.15, 0.2) is 0 Å². The van der Waals surface area contributed by atoms with Gasteiger partial charge >= 0.3 is 0 Å².